The van der Waals surface area contributed by atoms with E-state index in [9.17, 15) is 13.2 Å². The first-order chi connectivity index (χ1) is 9.13. The molecule has 1 aromatic carbocycles. The smallest absolute Gasteiger partial charge is 0.194 e. The molecular weight excluding hydrogens is 257 g/mol. The van der Waals surface area contributed by atoms with E-state index in [1.54, 1.807) is 12.1 Å². The highest BCUT2D eigenvalue weighted by atomic mass is 19.2. The summed E-state index contributed by atoms with van der Waals surface area (Å²) in [6.07, 6.45) is 2.42. The quantitative estimate of drug-likeness (QED) is 0.499. The fraction of sp³-hybridized carbons (Fsp3) is 0.231. The summed E-state index contributed by atoms with van der Waals surface area (Å²) < 4.78 is 44.8. The summed E-state index contributed by atoms with van der Waals surface area (Å²) in [5.41, 5.74) is 2.39. The Morgan fingerprint density at radius 3 is 2.58 bits per heavy atom. The van der Waals surface area contributed by atoms with Gasteiger partial charge < -0.3 is 4.42 Å². The van der Waals surface area contributed by atoms with E-state index in [1.165, 1.54) is 12.3 Å². The molecule has 6 heteroatoms. The molecule has 1 unspecified atom stereocenters. The predicted octanol–water partition coefficient (Wildman–Crippen LogP) is 2.83. The van der Waals surface area contributed by atoms with Crippen LogP contribution in [0.2, 0.25) is 0 Å². The lowest BCUT2D eigenvalue weighted by molar-refractivity contribution is 0.411. The molecule has 3 N–H and O–H groups in total. The van der Waals surface area contributed by atoms with Crippen LogP contribution in [0.3, 0.4) is 0 Å². The van der Waals surface area contributed by atoms with Crippen molar-refractivity contribution in [1.29, 1.82) is 0 Å². The average molecular weight is 270 g/mol. The third-order valence-corrected chi connectivity index (χ3v) is 2.90. The normalized spacial score (nSPS) is 12.6. The van der Waals surface area contributed by atoms with Gasteiger partial charge in [0.1, 0.15) is 5.76 Å². The van der Waals surface area contributed by atoms with Crippen molar-refractivity contribution in [3.8, 4) is 0 Å². The zero-order valence-electron chi connectivity index (χ0n) is 10.00. The van der Waals surface area contributed by atoms with Crippen molar-refractivity contribution in [2.24, 2.45) is 5.84 Å². The van der Waals surface area contributed by atoms with Gasteiger partial charge in [0.2, 0.25) is 0 Å². The summed E-state index contributed by atoms with van der Waals surface area (Å²) in [6.45, 7) is 0. The number of hydrazine groups is 1. The minimum atomic E-state index is -1.49. The lowest BCUT2D eigenvalue weighted by Crippen LogP contribution is -2.29. The van der Waals surface area contributed by atoms with Crippen LogP contribution in [-0.2, 0) is 6.42 Å². The van der Waals surface area contributed by atoms with Gasteiger partial charge in [-0.15, -0.1) is 0 Å². The maximum atomic E-state index is 13.6. The second kappa shape index (κ2) is 5.90. The van der Waals surface area contributed by atoms with Crippen molar-refractivity contribution >= 4 is 0 Å². The summed E-state index contributed by atoms with van der Waals surface area (Å²) in [4.78, 5) is 0. The van der Waals surface area contributed by atoms with Gasteiger partial charge in [-0.3, -0.25) is 11.3 Å². The number of hydrogen-bond acceptors (Lipinski definition) is 3. The predicted molar refractivity (Wildman–Crippen MR) is 63.4 cm³/mol. The van der Waals surface area contributed by atoms with Gasteiger partial charge in [-0.25, -0.2) is 13.2 Å². The van der Waals surface area contributed by atoms with Crippen LogP contribution < -0.4 is 11.3 Å². The summed E-state index contributed by atoms with van der Waals surface area (Å²) in [5.74, 6) is 2.12. The van der Waals surface area contributed by atoms with Crippen LogP contribution in [-0.4, -0.2) is 0 Å². The van der Waals surface area contributed by atoms with Crippen LogP contribution in [0.15, 0.2) is 34.9 Å². The number of nitrogens with one attached hydrogen (secondary N) is 1. The summed E-state index contributed by atoms with van der Waals surface area (Å²) in [6, 6.07) is 4.94. The van der Waals surface area contributed by atoms with Gasteiger partial charge in [0.25, 0.3) is 0 Å². The van der Waals surface area contributed by atoms with Gasteiger partial charge >= 0.3 is 0 Å². The third kappa shape index (κ3) is 2.97. The molecule has 0 spiro atoms. The Morgan fingerprint density at radius 2 is 1.95 bits per heavy atom. The van der Waals surface area contributed by atoms with Gasteiger partial charge in [-0.2, -0.15) is 0 Å². The van der Waals surface area contributed by atoms with Crippen LogP contribution in [0.5, 0.6) is 0 Å². The Kier molecular flexibility index (Phi) is 4.24. The molecule has 1 atom stereocenters. The molecule has 3 nitrogen and oxygen atoms in total. The Balaban J connectivity index is 2.15. The Bertz CT molecular complexity index is 543. The highest BCUT2D eigenvalue weighted by Gasteiger charge is 2.20. The maximum absolute atomic E-state index is 13.6. The molecular formula is C13H13F3N2O. The number of nitrogens with two attached hydrogens (primary N) is 1. The first kappa shape index (κ1) is 13.6. The maximum Gasteiger partial charge on any atom is 0.194 e. The fourth-order valence-corrected chi connectivity index (χ4v) is 1.88. The molecule has 1 heterocycles. The Labute approximate surface area is 108 Å². The van der Waals surface area contributed by atoms with E-state index in [0.29, 0.717) is 18.6 Å². The first-order valence-electron chi connectivity index (χ1n) is 5.75. The summed E-state index contributed by atoms with van der Waals surface area (Å²) in [5, 5.41) is 0. The van der Waals surface area contributed by atoms with E-state index in [4.69, 9.17) is 10.3 Å². The first-order valence-corrected chi connectivity index (χ1v) is 5.75. The molecule has 0 radical (unpaired) electrons. The van der Waals surface area contributed by atoms with E-state index < -0.39 is 23.5 Å². The number of hydrogen-bond donors (Lipinski definition) is 2. The number of benzene rings is 1. The Hall–Kier alpha value is -1.79. The minimum Gasteiger partial charge on any atom is -0.469 e. The lowest BCUT2D eigenvalue weighted by atomic mass is 10.0. The fourth-order valence-electron chi connectivity index (χ4n) is 1.88. The number of rotatable bonds is 5. The Morgan fingerprint density at radius 1 is 1.16 bits per heavy atom. The molecule has 0 saturated carbocycles. The van der Waals surface area contributed by atoms with Gasteiger partial charge in [-0.1, -0.05) is 6.07 Å². The van der Waals surface area contributed by atoms with Gasteiger partial charge in [0.05, 0.1) is 6.26 Å². The standard InChI is InChI=1S/C13H13F3N2O/c14-10-5-4-9(12(15)13(10)16)11(18-17)6-3-8-2-1-7-19-8/h1-2,4-5,7,11,18H,3,6,17H2. The number of halogens is 3. The monoisotopic (exact) mass is 270 g/mol. The van der Waals surface area contributed by atoms with Gasteiger partial charge in [-0.05, 0) is 24.6 Å². The van der Waals surface area contributed by atoms with Crippen LogP contribution in [0.25, 0.3) is 0 Å². The zero-order chi connectivity index (χ0) is 13.8. The van der Waals surface area contributed by atoms with Gasteiger partial charge in [0, 0.05) is 18.0 Å². The minimum absolute atomic E-state index is 0.00652. The molecule has 1 aromatic heterocycles. The van der Waals surface area contributed by atoms with Crippen molar-refractivity contribution in [1.82, 2.24) is 5.43 Å². The molecule has 2 rings (SSSR count). The highest BCUT2D eigenvalue weighted by molar-refractivity contribution is 5.23. The van der Waals surface area contributed by atoms with Crippen LogP contribution in [0, 0.1) is 17.5 Å². The van der Waals surface area contributed by atoms with Crippen LogP contribution in [0.4, 0.5) is 13.2 Å². The number of furan rings is 1. The van der Waals surface area contributed by atoms with Crippen molar-refractivity contribution in [3.63, 3.8) is 0 Å². The van der Waals surface area contributed by atoms with Crippen molar-refractivity contribution in [2.75, 3.05) is 0 Å². The molecule has 0 aliphatic heterocycles. The van der Waals surface area contributed by atoms with Crippen molar-refractivity contribution < 1.29 is 17.6 Å². The van der Waals surface area contributed by atoms with Gasteiger partial charge in [0.15, 0.2) is 17.5 Å². The van der Waals surface area contributed by atoms with E-state index in [2.05, 4.69) is 5.43 Å². The van der Waals surface area contributed by atoms with E-state index in [-0.39, 0.29) is 5.56 Å². The third-order valence-electron chi connectivity index (χ3n) is 2.90. The summed E-state index contributed by atoms with van der Waals surface area (Å²) >= 11 is 0. The summed E-state index contributed by atoms with van der Waals surface area (Å²) in [7, 11) is 0. The molecule has 0 saturated heterocycles. The second-order valence-electron chi connectivity index (χ2n) is 4.10. The van der Waals surface area contributed by atoms with Crippen LogP contribution >= 0.6 is 0 Å². The van der Waals surface area contributed by atoms with E-state index in [0.717, 1.165) is 6.07 Å². The lowest BCUT2D eigenvalue weighted by Gasteiger charge is -2.16. The average Bonchev–Trinajstić information content (AvgIpc) is 2.92. The molecule has 0 aliphatic rings. The van der Waals surface area contributed by atoms with Crippen LogP contribution in [0.1, 0.15) is 23.8 Å². The molecule has 0 amide bonds. The van der Waals surface area contributed by atoms with Crippen molar-refractivity contribution in [3.05, 3.63) is 59.3 Å². The molecule has 0 aliphatic carbocycles. The van der Waals surface area contributed by atoms with Crippen molar-refractivity contribution in [2.45, 2.75) is 18.9 Å². The molecule has 19 heavy (non-hydrogen) atoms. The zero-order valence-corrected chi connectivity index (χ0v) is 10.00. The molecule has 102 valence electrons. The SMILES string of the molecule is NNC(CCc1ccco1)c1ccc(F)c(F)c1F. The second-order valence-corrected chi connectivity index (χ2v) is 4.10. The van der Waals surface area contributed by atoms with E-state index in [1.807, 2.05) is 0 Å². The van der Waals surface area contributed by atoms with E-state index >= 15 is 0 Å². The topological polar surface area (TPSA) is 51.2 Å². The number of aryl methyl sites for hydroxylation is 1. The molecule has 0 fully saturated rings. The highest BCUT2D eigenvalue weighted by Crippen LogP contribution is 2.24. The molecule has 0 bridgehead atoms. The molecule has 2 aromatic rings. The largest absolute Gasteiger partial charge is 0.469 e.